The summed E-state index contributed by atoms with van der Waals surface area (Å²) in [6, 6.07) is 14.3. The Labute approximate surface area is 152 Å². The maximum Gasteiger partial charge on any atom is 0.0586 e. The summed E-state index contributed by atoms with van der Waals surface area (Å²) in [4.78, 5) is 6.49. The van der Waals surface area contributed by atoms with Gasteiger partial charge in [-0.05, 0) is 31.2 Å². The molecular formula is C18H21ClN4S. The summed E-state index contributed by atoms with van der Waals surface area (Å²) in [7, 11) is 0. The Balaban J connectivity index is 1.68. The molecule has 2 aromatic carbocycles. The van der Waals surface area contributed by atoms with Crippen LogP contribution in [0.3, 0.4) is 0 Å². The number of halogens is 1. The van der Waals surface area contributed by atoms with Gasteiger partial charge in [0.05, 0.1) is 11.2 Å². The molecule has 24 heavy (non-hydrogen) atoms. The normalized spacial score (nSPS) is 15.0. The van der Waals surface area contributed by atoms with Gasteiger partial charge in [0.25, 0.3) is 0 Å². The Morgan fingerprint density at radius 1 is 1.17 bits per heavy atom. The average molecular weight is 361 g/mol. The number of aryl methyl sites for hydroxylation is 1. The second-order valence-electron chi connectivity index (χ2n) is 5.67. The van der Waals surface area contributed by atoms with Gasteiger partial charge in [-0.2, -0.15) is 5.10 Å². The van der Waals surface area contributed by atoms with E-state index in [1.54, 1.807) is 6.21 Å². The first-order valence-electron chi connectivity index (χ1n) is 8.00. The van der Waals surface area contributed by atoms with Crippen molar-refractivity contribution in [1.29, 1.82) is 0 Å². The molecule has 3 rings (SSSR count). The number of hydrogen-bond acceptors (Lipinski definition) is 5. The molecule has 1 heterocycles. The average Bonchev–Trinajstić information content (AvgIpc) is 2.62. The third-order valence-corrected chi connectivity index (χ3v) is 4.95. The summed E-state index contributed by atoms with van der Waals surface area (Å²) in [5.74, 6) is 0. The quantitative estimate of drug-likeness (QED) is 0.484. The molecule has 0 saturated carbocycles. The Bertz CT molecular complexity index is 697. The number of piperazine rings is 1. The first-order valence-corrected chi connectivity index (χ1v) is 9.19. The standard InChI is InChI=1S/C18H21ClN4S/c1-14-5-7-15(8-6-14)24-22-21-13-16-17(19)3-2-4-18(16)23-11-9-20-10-12-23/h2-8,13,20,22H,9-12H2,1H3/b21-13+. The smallest absolute Gasteiger partial charge is 0.0586 e. The third kappa shape index (κ3) is 4.44. The topological polar surface area (TPSA) is 39.7 Å². The highest BCUT2D eigenvalue weighted by atomic mass is 35.5. The lowest BCUT2D eigenvalue weighted by molar-refractivity contribution is 0.589. The summed E-state index contributed by atoms with van der Waals surface area (Å²) in [6.07, 6.45) is 1.81. The van der Waals surface area contributed by atoms with E-state index in [1.165, 1.54) is 17.5 Å². The van der Waals surface area contributed by atoms with Crippen LogP contribution in [-0.4, -0.2) is 32.4 Å². The highest BCUT2D eigenvalue weighted by Gasteiger charge is 2.14. The van der Waals surface area contributed by atoms with Crippen molar-refractivity contribution in [2.75, 3.05) is 31.1 Å². The summed E-state index contributed by atoms with van der Waals surface area (Å²) < 4.78 is 0. The first kappa shape index (κ1) is 17.1. The Morgan fingerprint density at radius 2 is 1.92 bits per heavy atom. The molecule has 126 valence electrons. The van der Waals surface area contributed by atoms with Gasteiger partial charge in [-0.3, -0.25) is 0 Å². The van der Waals surface area contributed by atoms with Gasteiger partial charge in [0, 0.05) is 54.3 Å². The fourth-order valence-corrected chi connectivity index (χ4v) is 3.31. The highest BCUT2D eigenvalue weighted by Crippen LogP contribution is 2.26. The predicted molar refractivity (Wildman–Crippen MR) is 104 cm³/mol. The second-order valence-corrected chi connectivity index (χ2v) is 6.94. The fraction of sp³-hybridized carbons (Fsp3) is 0.278. The molecule has 0 aliphatic carbocycles. The Hall–Kier alpha value is -1.69. The lowest BCUT2D eigenvalue weighted by Crippen LogP contribution is -2.43. The van der Waals surface area contributed by atoms with E-state index in [0.29, 0.717) is 0 Å². The van der Waals surface area contributed by atoms with Crippen LogP contribution in [0.25, 0.3) is 0 Å². The van der Waals surface area contributed by atoms with Crippen molar-refractivity contribution < 1.29 is 0 Å². The monoisotopic (exact) mass is 360 g/mol. The number of anilines is 1. The van der Waals surface area contributed by atoms with Crippen LogP contribution in [0.15, 0.2) is 52.5 Å². The fourth-order valence-electron chi connectivity index (χ4n) is 2.61. The Kier molecular flexibility index (Phi) is 6.01. The molecule has 0 bridgehead atoms. The number of nitrogens with one attached hydrogen (secondary N) is 2. The van der Waals surface area contributed by atoms with Gasteiger partial charge < -0.3 is 10.2 Å². The van der Waals surface area contributed by atoms with Crippen LogP contribution in [0, 0.1) is 6.92 Å². The van der Waals surface area contributed by atoms with E-state index < -0.39 is 0 Å². The van der Waals surface area contributed by atoms with E-state index in [9.17, 15) is 0 Å². The summed E-state index contributed by atoms with van der Waals surface area (Å²) >= 11 is 7.87. The third-order valence-electron chi connectivity index (χ3n) is 3.92. The van der Waals surface area contributed by atoms with Crippen LogP contribution in [-0.2, 0) is 0 Å². The van der Waals surface area contributed by atoms with Crippen molar-refractivity contribution in [3.63, 3.8) is 0 Å². The van der Waals surface area contributed by atoms with Crippen molar-refractivity contribution >= 4 is 35.5 Å². The van der Waals surface area contributed by atoms with Crippen molar-refractivity contribution in [3.8, 4) is 0 Å². The van der Waals surface area contributed by atoms with E-state index in [1.807, 2.05) is 12.1 Å². The molecule has 1 aliphatic rings. The van der Waals surface area contributed by atoms with Gasteiger partial charge in [0.2, 0.25) is 0 Å². The molecule has 1 aliphatic heterocycles. The molecule has 0 unspecified atom stereocenters. The van der Waals surface area contributed by atoms with Gasteiger partial charge in [-0.25, -0.2) is 4.83 Å². The first-order chi connectivity index (χ1) is 11.7. The number of benzene rings is 2. The van der Waals surface area contributed by atoms with Gasteiger partial charge in [0.1, 0.15) is 0 Å². The van der Waals surface area contributed by atoms with Crippen LogP contribution in [0.1, 0.15) is 11.1 Å². The molecule has 0 atom stereocenters. The number of rotatable bonds is 5. The SMILES string of the molecule is Cc1ccc(SN/N=C/c2c(Cl)cccc2N2CCNCC2)cc1. The van der Waals surface area contributed by atoms with Crippen molar-refractivity contribution in [2.45, 2.75) is 11.8 Å². The maximum atomic E-state index is 6.39. The minimum absolute atomic E-state index is 0.719. The van der Waals surface area contributed by atoms with Crippen LogP contribution in [0.4, 0.5) is 5.69 Å². The molecule has 0 radical (unpaired) electrons. The number of hydrazone groups is 1. The van der Waals surface area contributed by atoms with E-state index in [0.717, 1.165) is 47.3 Å². The van der Waals surface area contributed by atoms with Crippen molar-refractivity contribution in [2.24, 2.45) is 5.10 Å². The molecule has 1 fully saturated rings. The van der Waals surface area contributed by atoms with Gasteiger partial charge in [0.15, 0.2) is 0 Å². The van der Waals surface area contributed by atoms with Crippen LogP contribution >= 0.6 is 23.5 Å². The van der Waals surface area contributed by atoms with Crippen LogP contribution in [0.2, 0.25) is 5.02 Å². The molecule has 6 heteroatoms. The second kappa shape index (κ2) is 8.42. The lowest BCUT2D eigenvalue weighted by Gasteiger charge is -2.30. The zero-order valence-corrected chi connectivity index (χ0v) is 15.2. The highest BCUT2D eigenvalue weighted by molar-refractivity contribution is 7.97. The van der Waals surface area contributed by atoms with E-state index in [2.05, 4.69) is 57.4 Å². The molecule has 2 N–H and O–H groups in total. The van der Waals surface area contributed by atoms with E-state index >= 15 is 0 Å². The van der Waals surface area contributed by atoms with Gasteiger partial charge in [-0.1, -0.05) is 35.4 Å². The zero-order chi connectivity index (χ0) is 16.8. The minimum Gasteiger partial charge on any atom is -0.368 e. The van der Waals surface area contributed by atoms with E-state index in [-0.39, 0.29) is 0 Å². The van der Waals surface area contributed by atoms with Crippen molar-refractivity contribution in [1.82, 2.24) is 10.1 Å². The van der Waals surface area contributed by atoms with Gasteiger partial charge in [-0.15, -0.1) is 0 Å². The Morgan fingerprint density at radius 3 is 2.67 bits per heavy atom. The molecule has 1 saturated heterocycles. The summed E-state index contributed by atoms with van der Waals surface area (Å²) in [5.41, 5.74) is 3.34. The van der Waals surface area contributed by atoms with Crippen molar-refractivity contribution in [3.05, 3.63) is 58.6 Å². The number of nitrogens with zero attached hydrogens (tertiary/aromatic N) is 2. The summed E-state index contributed by atoms with van der Waals surface area (Å²) in [6.45, 7) is 6.02. The molecule has 0 amide bonds. The molecule has 2 aromatic rings. The van der Waals surface area contributed by atoms with E-state index in [4.69, 9.17) is 11.6 Å². The molecule has 0 aromatic heterocycles. The molecule has 0 spiro atoms. The minimum atomic E-state index is 0.719. The van der Waals surface area contributed by atoms with Crippen LogP contribution < -0.4 is 15.0 Å². The maximum absolute atomic E-state index is 6.39. The number of hydrogen-bond donors (Lipinski definition) is 2. The zero-order valence-electron chi connectivity index (χ0n) is 13.6. The lowest BCUT2D eigenvalue weighted by atomic mass is 10.1. The molecule has 4 nitrogen and oxygen atoms in total. The van der Waals surface area contributed by atoms with Gasteiger partial charge >= 0.3 is 0 Å². The molecular weight excluding hydrogens is 340 g/mol. The largest absolute Gasteiger partial charge is 0.368 e. The van der Waals surface area contributed by atoms with Crippen LogP contribution in [0.5, 0.6) is 0 Å². The summed E-state index contributed by atoms with van der Waals surface area (Å²) in [5, 5.41) is 8.43. The predicted octanol–water partition coefficient (Wildman–Crippen LogP) is 3.69.